The van der Waals surface area contributed by atoms with Crippen molar-refractivity contribution in [3.05, 3.63) is 72.2 Å². The summed E-state index contributed by atoms with van der Waals surface area (Å²) in [7, 11) is -6.07. The van der Waals surface area contributed by atoms with E-state index in [1.165, 1.54) is 62.5 Å². The number of hydrogen-bond acceptors (Lipinski definition) is 5. The summed E-state index contributed by atoms with van der Waals surface area (Å²) in [6.45, 7) is 3.43. The van der Waals surface area contributed by atoms with Crippen LogP contribution in [0.5, 0.6) is 0 Å². The molecule has 0 saturated carbocycles. The molecule has 2 aromatic carbocycles. The Bertz CT molecular complexity index is 1300. The van der Waals surface area contributed by atoms with Gasteiger partial charge in [-0.1, -0.05) is 18.2 Å². The first-order valence-electron chi connectivity index (χ1n) is 9.54. The van der Waals surface area contributed by atoms with E-state index in [1.807, 2.05) is 0 Å². The molecule has 2 N–H and O–H groups in total. The Morgan fingerprint density at radius 1 is 1.00 bits per heavy atom. The molecule has 10 heteroatoms. The molecule has 0 aliphatic rings. The van der Waals surface area contributed by atoms with Crippen LogP contribution in [0.25, 0.3) is 11.3 Å². The van der Waals surface area contributed by atoms with Gasteiger partial charge in [0.2, 0.25) is 10.0 Å². The summed E-state index contributed by atoms with van der Waals surface area (Å²) >= 11 is 0. The molecule has 1 aromatic heterocycles. The molecule has 7 nitrogen and oxygen atoms in total. The van der Waals surface area contributed by atoms with Crippen molar-refractivity contribution < 1.29 is 21.2 Å². The predicted octanol–water partition coefficient (Wildman–Crippen LogP) is 3.40. The molecular formula is C21H24FN3O4S2. The maximum Gasteiger partial charge on any atom is 0.268 e. The summed E-state index contributed by atoms with van der Waals surface area (Å²) in [4.78, 5) is -0.124. The normalized spacial score (nSPS) is 12.3. The van der Waals surface area contributed by atoms with Gasteiger partial charge in [-0.2, -0.15) is 0 Å². The van der Waals surface area contributed by atoms with Gasteiger partial charge in [-0.25, -0.2) is 25.2 Å². The zero-order chi connectivity index (χ0) is 22.8. The maximum absolute atomic E-state index is 14.5. The fourth-order valence-corrected chi connectivity index (χ4v) is 5.11. The molecule has 3 rings (SSSR count). The number of hydrogen-bond donors (Lipinski definition) is 2. The van der Waals surface area contributed by atoms with Crippen LogP contribution in [-0.2, 0) is 26.6 Å². The Hall–Kier alpha value is -2.69. The van der Waals surface area contributed by atoms with Crippen molar-refractivity contribution in [1.29, 1.82) is 0 Å². The topological polar surface area (TPSA) is 97.3 Å². The Morgan fingerprint density at radius 2 is 1.71 bits per heavy atom. The molecule has 0 saturated heterocycles. The lowest BCUT2D eigenvalue weighted by atomic mass is 10.1. The summed E-state index contributed by atoms with van der Waals surface area (Å²) in [5.74, 6) is -0.550. The van der Waals surface area contributed by atoms with Gasteiger partial charge in [0.25, 0.3) is 10.0 Å². The quantitative estimate of drug-likeness (QED) is 0.531. The summed E-state index contributed by atoms with van der Waals surface area (Å²) in [5.41, 5.74) is 1.10. The van der Waals surface area contributed by atoms with Crippen molar-refractivity contribution in [2.75, 3.05) is 11.8 Å². The lowest BCUT2D eigenvalue weighted by molar-refractivity contribution is 0.586. The van der Waals surface area contributed by atoms with E-state index in [4.69, 9.17) is 0 Å². The van der Waals surface area contributed by atoms with Crippen molar-refractivity contribution in [2.45, 2.75) is 30.5 Å². The van der Waals surface area contributed by atoms with Crippen LogP contribution in [0.15, 0.2) is 65.7 Å². The molecule has 0 aliphatic heterocycles. The SMILES string of the molecule is CNCc1cc(-c2ccccc2F)n(S(=O)(=O)c2cccc(NS(=O)(=O)C(C)C)c2)c1. The van der Waals surface area contributed by atoms with Crippen LogP contribution in [0.2, 0.25) is 0 Å². The van der Waals surface area contributed by atoms with E-state index in [9.17, 15) is 21.2 Å². The van der Waals surface area contributed by atoms with E-state index in [2.05, 4.69) is 10.0 Å². The highest BCUT2D eigenvalue weighted by Gasteiger charge is 2.24. The molecule has 0 atom stereocenters. The van der Waals surface area contributed by atoms with Gasteiger partial charge in [0.1, 0.15) is 5.82 Å². The van der Waals surface area contributed by atoms with Crippen LogP contribution in [0.1, 0.15) is 19.4 Å². The standard InChI is InChI=1S/C21H24FN3O4S2/c1-15(2)30(26,27)24-17-7-6-8-18(12-17)31(28,29)25-14-16(13-23-3)11-21(25)19-9-4-5-10-20(19)22/h4-12,14-15,23-24H,13H2,1-3H3. The molecule has 0 bridgehead atoms. The van der Waals surface area contributed by atoms with Gasteiger partial charge in [0, 0.05) is 24.0 Å². The fourth-order valence-electron chi connectivity index (χ4n) is 2.98. The lowest BCUT2D eigenvalue weighted by Gasteiger charge is -2.14. The van der Waals surface area contributed by atoms with E-state index in [0.29, 0.717) is 12.1 Å². The number of benzene rings is 2. The lowest BCUT2D eigenvalue weighted by Crippen LogP contribution is -2.22. The van der Waals surface area contributed by atoms with E-state index in [1.54, 1.807) is 19.2 Å². The molecule has 0 aliphatic carbocycles. The number of nitrogens with one attached hydrogen (secondary N) is 2. The monoisotopic (exact) mass is 465 g/mol. The molecule has 31 heavy (non-hydrogen) atoms. The molecule has 166 valence electrons. The minimum absolute atomic E-state index is 0.124. The minimum Gasteiger partial charge on any atom is -0.316 e. The van der Waals surface area contributed by atoms with Crippen LogP contribution in [-0.4, -0.2) is 33.1 Å². The average molecular weight is 466 g/mol. The van der Waals surface area contributed by atoms with E-state index < -0.39 is 31.1 Å². The van der Waals surface area contributed by atoms with Gasteiger partial charge in [-0.15, -0.1) is 0 Å². The summed E-state index contributed by atoms with van der Waals surface area (Å²) < 4.78 is 69.1. The molecular weight excluding hydrogens is 441 g/mol. The fraction of sp³-hybridized carbons (Fsp3) is 0.238. The second kappa shape index (κ2) is 8.81. The van der Waals surface area contributed by atoms with Gasteiger partial charge in [-0.3, -0.25) is 4.72 Å². The summed E-state index contributed by atoms with van der Waals surface area (Å²) in [6, 6.07) is 13.1. The first-order valence-corrected chi connectivity index (χ1v) is 12.5. The van der Waals surface area contributed by atoms with Crippen LogP contribution in [0, 0.1) is 5.82 Å². The molecule has 0 fully saturated rings. The molecule has 0 unspecified atom stereocenters. The van der Waals surface area contributed by atoms with E-state index >= 15 is 0 Å². The van der Waals surface area contributed by atoms with Gasteiger partial charge < -0.3 is 5.32 Å². The Kier molecular flexibility index (Phi) is 6.54. The Morgan fingerprint density at radius 3 is 2.35 bits per heavy atom. The highest BCUT2D eigenvalue weighted by Crippen LogP contribution is 2.30. The van der Waals surface area contributed by atoms with Crippen molar-refractivity contribution in [2.24, 2.45) is 0 Å². The predicted molar refractivity (Wildman–Crippen MR) is 119 cm³/mol. The van der Waals surface area contributed by atoms with Gasteiger partial charge in [-0.05, 0) is 62.9 Å². The van der Waals surface area contributed by atoms with E-state index in [-0.39, 0.29) is 21.8 Å². The summed E-state index contributed by atoms with van der Waals surface area (Å²) in [6.07, 6.45) is 1.43. The zero-order valence-electron chi connectivity index (χ0n) is 17.3. The van der Waals surface area contributed by atoms with Crippen LogP contribution in [0.4, 0.5) is 10.1 Å². The van der Waals surface area contributed by atoms with Crippen LogP contribution in [0.3, 0.4) is 0 Å². The largest absolute Gasteiger partial charge is 0.316 e. The third-order valence-corrected chi connectivity index (χ3v) is 8.08. The third kappa shape index (κ3) is 4.81. The van der Waals surface area contributed by atoms with E-state index in [0.717, 1.165) is 3.97 Å². The van der Waals surface area contributed by atoms with Crippen molar-refractivity contribution in [3.8, 4) is 11.3 Å². The highest BCUT2D eigenvalue weighted by atomic mass is 32.2. The van der Waals surface area contributed by atoms with Crippen molar-refractivity contribution >= 4 is 25.7 Å². The van der Waals surface area contributed by atoms with Gasteiger partial charge in [0.05, 0.1) is 15.8 Å². The second-order valence-corrected chi connectivity index (χ2v) is 11.3. The molecule has 0 amide bonds. The smallest absolute Gasteiger partial charge is 0.268 e. The maximum atomic E-state index is 14.5. The number of halogens is 1. The molecule has 0 spiro atoms. The summed E-state index contributed by atoms with van der Waals surface area (Å²) in [5, 5.41) is 2.26. The molecule has 3 aromatic rings. The molecule has 0 radical (unpaired) electrons. The number of aromatic nitrogens is 1. The number of rotatable bonds is 8. The minimum atomic E-state index is -4.14. The average Bonchev–Trinajstić information content (AvgIpc) is 3.13. The van der Waals surface area contributed by atoms with Gasteiger partial charge >= 0.3 is 0 Å². The number of nitrogens with zero attached hydrogens (tertiary/aromatic N) is 1. The van der Waals surface area contributed by atoms with Crippen molar-refractivity contribution in [3.63, 3.8) is 0 Å². The number of anilines is 1. The first-order chi connectivity index (χ1) is 14.6. The zero-order valence-corrected chi connectivity index (χ0v) is 19.0. The van der Waals surface area contributed by atoms with Gasteiger partial charge in [0.15, 0.2) is 0 Å². The highest BCUT2D eigenvalue weighted by molar-refractivity contribution is 7.93. The molecule has 1 heterocycles. The third-order valence-electron chi connectivity index (χ3n) is 4.64. The van der Waals surface area contributed by atoms with Crippen LogP contribution < -0.4 is 10.0 Å². The number of sulfonamides is 1. The Labute approximate surface area is 182 Å². The first kappa shape index (κ1) is 23.0. The second-order valence-electron chi connectivity index (χ2n) is 7.27. The Balaban J connectivity index is 2.13. The van der Waals surface area contributed by atoms with Crippen LogP contribution >= 0.6 is 0 Å². The van der Waals surface area contributed by atoms with Crippen molar-refractivity contribution in [1.82, 2.24) is 9.29 Å².